The van der Waals surface area contributed by atoms with Crippen molar-refractivity contribution in [3.63, 3.8) is 0 Å². The van der Waals surface area contributed by atoms with Crippen molar-refractivity contribution in [3.8, 4) is 11.5 Å². The molecule has 0 radical (unpaired) electrons. The summed E-state index contributed by atoms with van der Waals surface area (Å²) < 4.78 is 43.6. The molecule has 0 heterocycles. The maximum Gasteiger partial charge on any atom is 0.416 e. The SMILES string of the molecule is CCOc1cc(/C=N\NC(=O)C(=O)Nc2cccc(C(F)(F)F)c2)cc(Br)c1O. The van der Waals surface area contributed by atoms with Crippen molar-refractivity contribution >= 4 is 39.6 Å². The molecule has 2 aromatic carbocycles. The summed E-state index contributed by atoms with van der Waals surface area (Å²) in [7, 11) is 0. The Bertz CT molecular complexity index is 948. The number of benzene rings is 2. The second-order valence-electron chi connectivity index (χ2n) is 5.51. The second kappa shape index (κ2) is 9.41. The molecule has 0 aliphatic rings. The van der Waals surface area contributed by atoms with Crippen molar-refractivity contribution < 1.29 is 32.6 Å². The first kappa shape index (κ1) is 22.2. The molecule has 3 N–H and O–H groups in total. The summed E-state index contributed by atoms with van der Waals surface area (Å²) >= 11 is 3.14. The van der Waals surface area contributed by atoms with Crippen molar-refractivity contribution in [2.45, 2.75) is 13.1 Å². The van der Waals surface area contributed by atoms with Crippen molar-refractivity contribution in [1.29, 1.82) is 0 Å². The number of hydrazone groups is 1. The van der Waals surface area contributed by atoms with E-state index in [1.807, 2.05) is 5.43 Å². The number of ether oxygens (including phenoxy) is 1. The van der Waals surface area contributed by atoms with Crippen LogP contribution in [0.3, 0.4) is 0 Å². The fourth-order valence-corrected chi connectivity index (χ4v) is 2.57. The molecule has 0 saturated carbocycles. The summed E-state index contributed by atoms with van der Waals surface area (Å²) in [5.74, 6) is -2.28. The molecule has 0 unspecified atom stereocenters. The third kappa shape index (κ3) is 6.21. The molecule has 0 aromatic heterocycles. The summed E-state index contributed by atoms with van der Waals surface area (Å²) in [6.45, 7) is 2.05. The van der Waals surface area contributed by atoms with E-state index in [0.29, 0.717) is 22.7 Å². The average Bonchev–Trinajstić information content (AvgIpc) is 2.65. The number of phenolic OH excluding ortho intramolecular Hbond substituents is 1. The van der Waals surface area contributed by atoms with E-state index < -0.39 is 23.6 Å². The van der Waals surface area contributed by atoms with Gasteiger partial charge in [-0.15, -0.1) is 0 Å². The molecule has 0 bridgehead atoms. The molecular formula is C18H15BrF3N3O4. The predicted octanol–water partition coefficient (Wildman–Crippen LogP) is 3.66. The standard InChI is InChI=1S/C18H15BrF3N3O4/c1-2-29-14-7-10(6-13(19)15(14)26)9-23-25-17(28)16(27)24-12-5-3-4-11(8-12)18(20,21)22/h3-9,26H,2H2,1H3,(H,24,27)(H,25,28)/b23-9-. The molecule has 0 spiro atoms. The number of anilines is 1. The van der Waals surface area contributed by atoms with Crippen LogP contribution < -0.4 is 15.5 Å². The van der Waals surface area contributed by atoms with Gasteiger partial charge >= 0.3 is 18.0 Å². The highest BCUT2D eigenvalue weighted by molar-refractivity contribution is 9.10. The van der Waals surface area contributed by atoms with Crippen LogP contribution in [-0.4, -0.2) is 29.7 Å². The topological polar surface area (TPSA) is 100 Å². The minimum Gasteiger partial charge on any atom is -0.503 e. The number of nitrogens with zero attached hydrogens (tertiary/aromatic N) is 1. The number of halogens is 4. The lowest BCUT2D eigenvalue weighted by atomic mass is 10.2. The van der Waals surface area contributed by atoms with Crippen LogP contribution >= 0.6 is 15.9 Å². The molecule has 2 rings (SSSR count). The second-order valence-corrected chi connectivity index (χ2v) is 6.37. The molecule has 2 aromatic rings. The van der Waals surface area contributed by atoms with Gasteiger partial charge in [-0.25, -0.2) is 5.43 Å². The predicted molar refractivity (Wildman–Crippen MR) is 103 cm³/mol. The molecule has 7 nitrogen and oxygen atoms in total. The summed E-state index contributed by atoms with van der Waals surface area (Å²) in [5.41, 5.74) is 1.25. The number of aromatic hydroxyl groups is 1. The Morgan fingerprint density at radius 1 is 1.24 bits per heavy atom. The van der Waals surface area contributed by atoms with Crippen LogP contribution in [0.4, 0.5) is 18.9 Å². The molecule has 0 aliphatic carbocycles. The average molecular weight is 474 g/mol. The molecular weight excluding hydrogens is 459 g/mol. The summed E-state index contributed by atoms with van der Waals surface area (Å²) in [4.78, 5) is 23.6. The number of hydrogen-bond donors (Lipinski definition) is 3. The van der Waals surface area contributed by atoms with E-state index in [4.69, 9.17) is 4.74 Å². The van der Waals surface area contributed by atoms with Gasteiger partial charge in [0.05, 0.1) is 22.9 Å². The first-order valence-electron chi connectivity index (χ1n) is 8.08. The third-order valence-corrected chi connectivity index (χ3v) is 3.99. The van der Waals surface area contributed by atoms with Gasteiger partial charge in [-0.2, -0.15) is 18.3 Å². The summed E-state index contributed by atoms with van der Waals surface area (Å²) in [5, 5.41) is 15.5. The molecule has 0 fully saturated rings. The monoisotopic (exact) mass is 473 g/mol. The van der Waals surface area contributed by atoms with Crippen molar-refractivity contribution in [2.75, 3.05) is 11.9 Å². The first-order chi connectivity index (χ1) is 13.6. The largest absolute Gasteiger partial charge is 0.503 e. The van der Waals surface area contributed by atoms with E-state index in [2.05, 4.69) is 26.3 Å². The molecule has 2 amide bonds. The number of carbonyl (C=O) groups excluding carboxylic acids is 2. The Balaban J connectivity index is 2.01. The Morgan fingerprint density at radius 3 is 2.62 bits per heavy atom. The molecule has 154 valence electrons. The van der Waals surface area contributed by atoms with E-state index in [1.54, 1.807) is 6.92 Å². The van der Waals surface area contributed by atoms with E-state index >= 15 is 0 Å². The Labute approximate surface area is 171 Å². The van der Waals surface area contributed by atoms with E-state index in [-0.39, 0.29) is 17.2 Å². The first-order valence-corrected chi connectivity index (χ1v) is 8.88. The van der Waals surface area contributed by atoms with Crippen molar-refractivity contribution in [2.24, 2.45) is 5.10 Å². The van der Waals surface area contributed by atoms with Crippen LogP contribution in [-0.2, 0) is 15.8 Å². The van der Waals surface area contributed by atoms with Gasteiger partial charge < -0.3 is 15.2 Å². The van der Waals surface area contributed by atoms with Gasteiger partial charge in [0.2, 0.25) is 0 Å². The number of carbonyl (C=O) groups is 2. The van der Waals surface area contributed by atoms with Gasteiger partial charge in [0, 0.05) is 5.69 Å². The molecule has 0 aliphatic heterocycles. The zero-order valence-electron chi connectivity index (χ0n) is 14.9. The van der Waals surface area contributed by atoms with Gasteiger partial charge in [0.1, 0.15) is 0 Å². The number of rotatable bonds is 5. The summed E-state index contributed by atoms with van der Waals surface area (Å²) in [6, 6.07) is 6.82. The van der Waals surface area contributed by atoms with Crippen LogP contribution in [0.5, 0.6) is 11.5 Å². The Morgan fingerprint density at radius 2 is 1.97 bits per heavy atom. The van der Waals surface area contributed by atoms with Gasteiger partial charge in [-0.3, -0.25) is 9.59 Å². The number of alkyl halides is 3. The highest BCUT2D eigenvalue weighted by atomic mass is 79.9. The number of amides is 2. The van der Waals surface area contributed by atoms with Crippen LogP contribution in [0.15, 0.2) is 46.0 Å². The zero-order chi connectivity index (χ0) is 21.6. The van der Waals surface area contributed by atoms with Crippen molar-refractivity contribution in [3.05, 3.63) is 52.0 Å². The zero-order valence-corrected chi connectivity index (χ0v) is 16.5. The van der Waals surface area contributed by atoms with E-state index in [9.17, 15) is 27.9 Å². The smallest absolute Gasteiger partial charge is 0.416 e. The fourth-order valence-electron chi connectivity index (χ4n) is 2.11. The van der Waals surface area contributed by atoms with E-state index in [0.717, 1.165) is 12.1 Å². The van der Waals surface area contributed by atoms with Crippen molar-refractivity contribution in [1.82, 2.24) is 5.43 Å². The third-order valence-electron chi connectivity index (χ3n) is 3.38. The minimum atomic E-state index is -4.58. The number of hydrogen-bond acceptors (Lipinski definition) is 5. The highest BCUT2D eigenvalue weighted by Crippen LogP contribution is 2.35. The fraction of sp³-hybridized carbons (Fsp3) is 0.167. The lowest BCUT2D eigenvalue weighted by Gasteiger charge is -2.09. The summed E-state index contributed by atoms with van der Waals surface area (Å²) in [6.07, 6.45) is -3.38. The normalized spacial score (nSPS) is 11.3. The lowest BCUT2D eigenvalue weighted by molar-refractivity contribution is -0.137. The quantitative estimate of drug-likeness (QED) is 0.350. The van der Waals surface area contributed by atoms with Gasteiger partial charge in [0.15, 0.2) is 11.5 Å². The molecule has 0 saturated heterocycles. The maximum atomic E-state index is 12.7. The Hall–Kier alpha value is -3.08. The molecule has 29 heavy (non-hydrogen) atoms. The molecule has 11 heteroatoms. The van der Waals surface area contributed by atoms with Crippen LogP contribution in [0, 0.1) is 0 Å². The van der Waals surface area contributed by atoms with Crippen LogP contribution in [0.1, 0.15) is 18.1 Å². The van der Waals surface area contributed by atoms with Gasteiger partial charge in [-0.1, -0.05) is 6.07 Å². The van der Waals surface area contributed by atoms with Gasteiger partial charge in [-0.05, 0) is 58.7 Å². The van der Waals surface area contributed by atoms with Crippen LogP contribution in [0.25, 0.3) is 0 Å². The number of nitrogens with one attached hydrogen (secondary N) is 2. The maximum absolute atomic E-state index is 12.7. The highest BCUT2D eigenvalue weighted by Gasteiger charge is 2.30. The minimum absolute atomic E-state index is 0.103. The van der Waals surface area contributed by atoms with E-state index in [1.165, 1.54) is 24.4 Å². The molecule has 0 atom stereocenters. The number of phenols is 1. The van der Waals surface area contributed by atoms with Crippen LogP contribution in [0.2, 0.25) is 0 Å². The van der Waals surface area contributed by atoms with Gasteiger partial charge in [0.25, 0.3) is 0 Å². The Kier molecular flexibility index (Phi) is 7.21. The lowest BCUT2D eigenvalue weighted by Crippen LogP contribution is -2.32.